The Morgan fingerprint density at radius 3 is 2.79 bits per heavy atom. The van der Waals surface area contributed by atoms with Gasteiger partial charge in [0.05, 0.1) is 7.11 Å². The van der Waals surface area contributed by atoms with E-state index in [1.165, 1.54) is 0 Å². The Kier molecular flexibility index (Phi) is 6.60. The Morgan fingerprint density at radius 2 is 2.11 bits per heavy atom. The van der Waals surface area contributed by atoms with Crippen LogP contribution in [-0.2, 0) is 0 Å². The van der Waals surface area contributed by atoms with E-state index in [0.717, 1.165) is 11.3 Å². The number of benzene rings is 1. The Morgan fingerprint density at radius 1 is 1.37 bits per heavy atom. The molecule has 0 amide bonds. The molecule has 1 aromatic rings. The minimum absolute atomic E-state index is 0.291. The summed E-state index contributed by atoms with van der Waals surface area (Å²) in [5.74, 6) is 0.831. The van der Waals surface area contributed by atoms with E-state index < -0.39 is 0 Å². The highest BCUT2D eigenvalue weighted by molar-refractivity contribution is 7.80. The molecule has 0 aliphatic rings. The molecule has 0 saturated heterocycles. The van der Waals surface area contributed by atoms with Gasteiger partial charge in [-0.25, -0.2) is 0 Å². The molecule has 1 rings (SSSR count). The molecule has 4 nitrogen and oxygen atoms in total. The number of methoxy groups -OCH3 is 1. The van der Waals surface area contributed by atoms with Gasteiger partial charge in [-0.1, -0.05) is 18.2 Å². The molecule has 0 heterocycles. The van der Waals surface area contributed by atoms with Crippen molar-refractivity contribution in [1.82, 2.24) is 10.7 Å². The molecule has 0 unspecified atom stereocenters. The lowest BCUT2D eigenvalue weighted by atomic mass is 10.2. The van der Waals surface area contributed by atoms with Gasteiger partial charge in [0.1, 0.15) is 5.75 Å². The second-order valence-electron chi connectivity index (χ2n) is 4.12. The monoisotopic (exact) mass is 277 g/mol. The third-order valence-corrected chi connectivity index (χ3v) is 2.37. The summed E-state index contributed by atoms with van der Waals surface area (Å²) in [7, 11) is 1.65. The van der Waals surface area contributed by atoms with Crippen LogP contribution in [0, 0.1) is 0 Å². The summed E-state index contributed by atoms with van der Waals surface area (Å²) in [5, 5.41) is 7.53. The van der Waals surface area contributed by atoms with E-state index in [0.29, 0.717) is 11.2 Å². The number of rotatable bonds is 5. The van der Waals surface area contributed by atoms with Gasteiger partial charge in [-0.15, -0.1) is 0 Å². The van der Waals surface area contributed by atoms with Crippen molar-refractivity contribution in [3.8, 4) is 5.75 Å². The molecule has 102 valence electrons. The van der Waals surface area contributed by atoms with Crippen LogP contribution >= 0.6 is 12.2 Å². The van der Waals surface area contributed by atoms with E-state index in [2.05, 4.69) is 15.8 Å². The Labute approximate surface area is 119 Å². The van der Waals surface area contributed by atoms with E-state index in [-0.39, 0.29) is 0 Å². The fourth-order valence-corrected chi connectivity index (χ4v) is 1.67. The lowest BCUT2D eigenvalue weighted by Gasteiger charge is -2.08. The zero-order valence-electron chi connectivity index (χ0n) is 11.4. The highest BCUT2D eigenvalue weighted by Gasteiger charge is 1.96. The van der Waals surface area contributed by atoms with Crippen LogP contribution in [0.2, 0.25) is 0 Å². The number of hydrazone groups is 1. The zero-order chi connectivity index (χ0) is 14.1. The molecule has 5 heteroatoms. The van der Waals surface area contributed by atoms with Crippen LogP contribution in [-0.4, -0.2) is 24.5 Å². The highest BCUT2D eigenvalue weighted by Crippen LogP contribution is 2.18. The summed E-state index contributed by atoms with van der Waals surface area (Å²) in [6.07, 6.45) is 5.38. The van der Waals surface area contributed by atoms with Crippen LogP contribution in [0.3, 0.4) is 0 Å². The molecule has 0 radical (unpaired) electrons. The van der Waals surface area contributed by atoms with Crippen molar-refractivity contribution in [3.63, 3.8) is 0 Å². The maximum Gasteiger partial charge on any atom is 0.187 e. The van der Waals surface area contributed by atoms with Gasteiger partial charge in [-0.05, 0) is 44.3 Å². The first kappa shape index (κ1) is 15.2. The van der Waals surface area contributed by atoms with Crippen molar-refractivity contribution in [2.75, 3.05) is 7.11 Å². The maximum atomic E-state index is 5.24. The van der Waals surface area contributed by atoms with Crippen LogP contribution in [0.4, 0.5) is 0 Å². The van der Waals surface area contributed by atoms with E-state index in [9.17, 15) is 0 Å². The normalized spacial score (nSPS) is 11.2. The van der Waals surface area contributed by atoms with Gasteiger partial charge in [0, 0.05) is 17.8 Å². The molecule has 0 spiro atoms. The topological polar surface area (TPSA) is 45.6 Å². The summed E-state index contributed by atoms with van der Waals surface area (Å²) in [4.78, 5) is 0. The van der Waals surface area contributed by atoms with Crippen LogP contribution < -0.4 is 15.5 Å². The summed E-state index contributed by atoms with van der Waals surface area (Å²) in [5.41, 5.74) is 3.74. The number of allylic oxidation sites excluding steroid dienone is 1. The molecule has 0 saturated carbocycles. The fraction of sp³-hybridized carbons (Fsp3) is 0.286. The smallest absolute Gasteiger partial charge is 0.187 e. The largest absolute Gasteiger partial charge is 0.496 e. The van der Waals surface area contributed by atoms with Crippen LogP contribution in [0.1, 0.15) is 19.4 Å². The third kappa shape index (κ3) is 6.01. The Bertz CT molecular complexity index is 470. The van der Waals surface area contributed by atoms with E-state index in [1.54, 1.807) is 13.3 Å². The molecule has 0 bridgehead atoms. The fourth-order valence-electron chi connectivity index (χ4n) is 1.38. The molecule has 0 atom stereocenters. The van der Waals surface area contributed by atoms with Gasteiger partial charge >= 0.3 is 0 Å². The van der Waals surface area contributed by atoms with Crippen molar-refractivity contribution in [2.24, 2.45) is 5.10 Å². The van der Waals surface area contributed by atoms with Gasteiger partial charge in [0.25, 0.3) is 0 Å². The number of hydrogen-bond acceptors (Lipinski definition) is 3. The standard InChI is InChI=1S/C14H19N3OS/c1-11(2)16-14(19)17-15-10-6-8-12-7-4-5-9-13(12)18-3/h4-11H,1-3H3,(H2,16,17,19). The minimum atomic E-state index is 0.291. The Hall–Kier alpha value is -1.88. The average Bonchev–Trinajstić information content (AvgIpc) is 2.38. The predicted octanol–water partition coefficient (Wildman–Crippen LogP) is 2.57. The molecule has 0 aromatic heterocycles. The molecular weight excluding hydrogens is 258 g/mol. The van der Waals surface area contributed by atoms with E-state index >= 15 is 0 Å². The summed E-state index contributed by atoms with van der Waals surface area (Å²) >= 11 is 5.03. The maximum absolute atomic E-state index is 5.24. The SMILES string of the molecule is COc1ccccc1C=CC=NNC(=S)NC(C)C. The number of nitrogens with one attached hydrogen (secondary N) is 2. The average molecular weight is 277 g/mol. The predicted molar refractivity (Wildman–Crippen MR) is 84.5 cm³/mol. The van der Waals surface area contributed by atoms with E-state index in [4.69, 9.17) is 17.0 Å². The van der Waals surface area contributed by atoms with Gasteiger partial charge in [-0.2, -0.15) is 5.10 Å². The summed E-state index contributed by atoms with van der Waals surface area (Å²) in [6.45, 7) is 4.03. The number of ether oxygens (including phenoxy) is 1. The van der Waals surface area contributed by atoms with Crippen molar-refractivity contribution in [3.05, 3.63) is 35.9 Å². The van der Waals surface area contributed by atoms with Gasteiger partial charge in [0.15, 0.2) is 5.11 Å². The second-order valence-corrected chi connectivity index (χ2v) is 4.53. The lowest BCUT2D eigenvalue weighted by Crippen LogP contribution is -2.36. The van der Waals surface area contributed by atoms with Gasteiger partial charge < -0.3 is 10.1 Å². The molecular formula is C14H19N3OS. The molecule has 1 aromatic carbocycles. The van der Waals surface area contributed by atoms with Gasteiger partial charge in [0.2, 0.25) is 0 Å². The van der Waals surface area contributed by atoms with Gasteiger partial charge in [-0.3, -0.25) is 5.43 Å². The first-order valence-electron chi connectivity index (χ1n) is 6.02. The van der Waals surface area contributed by atoms with Crippen molar-refractivity contribution in [2.45, 2.75) is 19.9 Å². The lowest BCUT2D eigenvalue weighted by molar-refractivity contribution is 0.414. The second kappa shape index (κ2) is 8.26. The third-order valence-electron chi connectivity index (χ3n) is 2.16. The molecule has 2 N–H and O–H groups in total. The summed E-state index contributed by atoms with van der Waals surface area (Å²) < 4.78 is 5.24. The summed E-state index contributed by atoms with van der Waals surface area (Å²) in [6, 6.07) is 8.07. The zero-order valence-corrected chi connectivity index (χ0v) is 12.2. The quantitative estimate of drug-likeness (QED) is 0.493. The van der Waals surface area contributed by atoms with Crippen LogP contribution in [0.5, 0.6) is 5.75 Å². The van der Waals surface area contributed by atoms with Crippen molar-refractivity contribution < 1.29 is 4.74 Å². The van der Waals surface area contributed by atoms with Crippen LogP contribution in [0.25, 0.3) is 6.08 Å². The number of thiocarbonyl (C=S) groups is 1. The first-order chi connectivity index (χ1) is 9.13. The van der Waals surface area contributed by atoms with Crippen LogP contribution in [0.15, 0.2) is 35.4 Å². The number of hydrogen-bond donors (Lipinski definition) is 2. The molecule has 19 heavy (non-hydrogen) atoms. The molecule has 0 aliphatic carbocycles. The minimum Gasteiger partial charge on any atom is -0.496 e. The van der Waals surface area contributed by atoms with E-state index in [1.807, 2.05) is 50.3 Å². The molecule has 0 aliphatic heterocycles. The Balaban J connectivity index is 2.47. The number of nitrogens with zero attached hydrogens (tertiary/aromatic N) is 1. The van der Waals surface area contributed by atoms with Crippen molar-refractivity contribution in [1.29, 1.82) is 0 Å². The number of para-hydroxylation sites is 1. The van der Waals surface area contributed by atoms with Crippen molar-refractivity contribution >= 4 is 29.6 Å². The molecule has 0 fully saturated rings. The highest BCUT2D eigenvalue weighted by atomic mass is 32.1. The first-order valence-corrected chi connectivity index (χ1v) is 6.43.